The van der Waals surface area contributed by atoms with Gasteiger partial charge in [-0.2, -0.15) is 0 Å². The van der Waals surface area contributed by atoms with E-state index in [0.29, 0.717) is 24.6 Å². The summed E-state index contributed by atoms with van der Waals surface area (Å²) in [6, 6.07) is 16.3. The molecule has 0 radical (unpaired) electrons. The second-order valence-corrected chi connectivity index (χ2v) is 9.56. The molecule has 186 valence electrons. The Morgan fingerprint density at radius 1 is 0.886 bits per heavy atom. The van der Waals surface area contributed by atoms with E-state index in [9.17, 15) is 19.5 Å². The highest BCUT2D eigenvalue weighted by Gasteiger charge is 2.25. The smallest absolute Gasteiger partial charge is 0.326 e. The minimum atomic E-state index is -1.14. The molecule has 2 aliphatic rings. The van der Waals surface area contributed by atoms with Gasteiger partial charge in [0.25, 0.3) is 5.91 Å². The van der Waals surface area contributed by atoms with E-state index in [4.69, 9.17) is 0 Å². The van der Waals surface area contributed by atoms with Gasteiger partial charge in [-0.25, -0.2) is 4.79 Å². The number of carbonyl (C=O) groups excluding carboxylic acids is 2. The van der Waals surface area contributed by atoms with Crippen molar-refractivity contribution in [3.63, 3.8) is 0 Å². The molecule has 0 spiro atoms. The van der Waals surface area contributed by atoms with E-state index in [-0.39, 0.29) is 18.7 Å². The molecular weight excluding hydrogens is 442 g/mol. The van der Waals surface area contributed by atoms with Crippen LogP contribution in [-0.2, 0) is 9.59 Å². The number of aliphatic carboxylic acids is 1. The van der Waals surface area contributed by atoms with Crippen molar-refractivity contribution in [3.8, 4) is 0 Å². The molecule has 2 N–H and O–H groups in total. The van der Waals surface area contributed by atoms with Gasteiger partial charge >= 0.3 is 5.97 Å². The third-order valence-electron chi connectivity index (χ3n) is 7.25. The predicted molar refractivity (Wildman–Crippen MR) is 136 cm³/mol. The molecule has 1 aliphatic carbocycles. The molecular formula is C28H35N3O4. The molecule has 2 fully saturated rings. The first-order valence-electron chi connectivity index (χ1n) is 12.7. The summed E-state index contributed by atoms with van der Waals surface area (Å²) in [4.78, 5) is 40.8. The van der Waals surface area contributed by atoms with E-state index in [1.807, 2.05) is 0 Å². The zero-order valence-corrected chi connectivity index (χ0v) is 20.2. The van der Waals surface area contributed by atoms with Crippen molar-refractivity contribution in [2.75, 3.05) is 31.1 Å². The number of piperazine rings is 1. The fourth-order valence-corrected chi connectivity index (χ4v) is 5.12. The van der Waals surface area contributed by atoms with E-state index in [1.165, 1.54) is 43.4 Å². The van der Waals surface area contributed by atoms with Crippen LogP contribution < -0.4 is 10.2 Å². The van der Waals surface area contributed by atoms with Crippen molar-refractivity contribution in [1.29, 1.82) is 0 Å². The summed E-state index contributed by atoms with van der Waals surface area (Å²) in [5.41, 5.74) is 3.02. The number of anilines is 1. The van der Waals surface area contributed by atoms with Gasteiger partial charge in [0.1, 0.15) is 6.04 Å². The highest BCUT2D eigenvalue weighted by molar-refractivity contribution is 5.96. The van der Waals surface area contributed by atoms with Gasteiger partial charge in [0.05, 0.1) is 0 Å². The molecule has 1 saturated carbocycles. The Morgan fingerprint density at radius 3 is 2.17 bits per heavy atom. The van der Waals surface area contributed by atoms with E-state index < -0.39 is 17.9 Å². The molecule has 1 heterocycles. The summed E-state index contributed by atoms with van der Waals surface area (Å²) in [6.45, 7) is 2.72. The van der Waals surface area contributed by atoms with Crippen LogP contribution in [-0.4, -0.2) is 60.0 Å². The summed E-state index contributed by atoms with van der Waals surface area (Å²) in [6.07, 6.45) is 6.75. The number of amides is 2. The predicted octanol–water partition coefficient (Wildman–Crippen LogP) is 4.05. The standard InChI is InChI=1S/C28H35N3O4/c32-26(16-15-25(28(34)35)29-27(33)23-9-5-2-6-10-23)31-19-17-30(18-20-31)24-13-11-22(12-14-24)21-7-3-1-4-8-21/h2,5-6,9-14,21,25H,1,3-4,7-8,15-20H2,(H,29,33)(H,34,35)/t25-/m0/s1. The van der Waals surface area contributed by atoms with Gasteiger partial charge in [0.15, 0.2) is 0 Å². The quantitative estimate of drug-likeness (QED) is 0.599. The minimum Gasteiger partial charge on any atom is -0.480 e. The fourth-order valence-electron chi connectivity index (χ4n) is 5.12. The molecule has 2 aromatic rings. The third kappa shape index (κ3) is 6.62. The molecule has 0 aromatic heterocycles. The number of nitrogens with zero attached hydrogens (tertiary/aromatic N) is 2. The van der Waals surface area contributed by atoms with Crippen LogP contribution in [0.3, 0.4) is 0 Å². The number of benzene rings is 2. The lowest BCUT2D eigenvalue weighted by Crippen LogP contribution is -2.49. The Balaban J connectivity index is 1.24. The number of hydrogen-bond acceptors (Lipinski definition) is 4. The van der Waals surface area contributed by atoms with Gasteiger partial charge in [-0.15, -0.1) is 0 Å². The summed E-state index contributed by atoms with van der Waals surface area (Å²) >= 11 is 0. The minimum absolute atomic E-state index is 0.0651. The average Bonchev–Trinajstić information content (AvgIpc) is 2.91. The lowest BCUT2D eigenvalue weighted by Gasteiger charge is -2.36. The lowest BCUT2D eigenvalue weighted by atomic mass is 9.84. The maximum Gasteiger partial charge on any atom is 0.326 e. The number of nitrogens with one attached hydrogen (secondary N) is 1. The number of carboxylic acid groups (broad SMARTS) is 1. The average molecular weight is 478 g/mol. The highest BCUT2D eigenvalue weighted by atomic mass is 16.4. The van der Waals surface area contributed by atoms with Crippen LogP contribution in [0.4, 0.5) is 5.69 Å². The zero-order chi connectivity index (χ0) is 24.6. The topological polar surface area (TPSA) is 90.0 Å². The second-order valence-electron chi connectivity index (χ2n) is 9.56. The summed E-state index contributed by atoms with van der Waals surface area (Å²) in [5.74, 6) is -0.964. The zero-order valence-electron chi connectivity index (χ0n) is 20.2. The molecule has 2 aromatic carbocycles. The lowest BCUT2D eigenvalue weighted by molar-refractivity contribution is -0.139. The number of hydrogen-bond donors (Lipinski definition) is 2. The summed E-state index contributed by atoms with van der Waals surface area (Å²) in [7, 11) is 0. The van der Waals surface area contributed by atoms with Crippen LogP contribution in [0.5, 0.6) is 0 Å². The molecule has 1 aliphatic heterocycles. The first-order valence-corrected chi connectivity index (χ1v) is 12.7. The van der Waals surface area contributed by atoms with E-state index in [1.54, 1.807) is 35.2 Å². The number of carbonyl (C=O) groups is 3. The van der Waals surface area contributed by atoms with Gasteiger partial charge in [-0.1, -0.05) is 49.6 Å². The Morgan fingerprint density at radius 2 is 1.54 bits per heavy atom. The van der Waals surface area contributed by atoms with Crippen LogP contribution in [0, 0.1) is 0 Å². The van der Waals surface area contributed by atoms with Crippen LogP contribution in [0.1, 0.15) is 66.8 Å². The number of carboxylic acids is 1. The molecule has 2 amide bonds. The van der Waals surface area contributed by atoms with Gasteiger partial charge in [0, 0.05) is 43.9 Å². The largest absolute Gasteiger partial charge is 0.480 e. The van der Waals surface area contributed by atoms with Crippen LogP contribution >= 0.6 is 0 Å². The van der Waals surface area contributed by atoms with Crippen LogP contribution in [0.25, 0.3) is 0 Å². The maximum absolute atomic E-state index is 12.7. The first kappa shape index (κ1) is 24.8. The highest BCUT2D eigenvalue weighted by Crippen LogP contribution is 2.33. The summed E-state index contributed by atoms with van der Waals surface area (Å²) < 4.78 is 0. The van der Waals surface area contributed by atoms with E-state index in [2.05, 4.69) is 34.5 Å². The van der Waals surface area contributed by atoms with Crippen molar-refractivity contribution in [3.05, 3.63) is 65.7 Å². The Labute approximate surface area is 207 Å². The summed E-state index contributed by atoms with van der Waals surface area (Å²) in [5, 5.41) is 12.0. The molecule has 0 unspecified atom stereocenters. The van der Waals surface area contributed by atoms with Gasteiger partial charge < -0.3 is 20.2 Å². The van der Waals surface area contributed by atoms with Gasteiger partial charge in [-0.3, -0.25) is 9.59 Å². The monoisotopic (exact) mass is 477 g/mol. The first-order chi connectivity index (χ1) is 17.0. The SMILES string of the molecule is O=C(N[C@@H](CCC(=O)N1CCN(c2ccc(C3CCCCC3)cc2)CC1)C(=O)O)c1ccccc1. The van der Waals surface area contributed by atoms with Crippen molar-refractivity contribution >= 4 is 23.5 Å². The van der Waals surface area contributed by atoms with Gasteiger partial charge in [-0.05, 0) is 55.0 Å². The van der Waals surface area contributed by atoms with E-state index in [0.717, 1.165) is 13.1 Å². The van der Waals surface area contributed by atoms with Crippen molar-refractivity contribution in [2.45, 2.75) is 56.9 Å². The molecule has 0 bridgehead atoms. The molecule has 1 saturated heterocycles. The fraction of sp³-hybridized carbons (Fsp3) is 0.464. The van der Waals surface area contributed by atoms with Crippen LogP contribution in [0.2, 0.25) is 0 Å². The Bertz CT molecular complexity index is 995. The van der Waals surface area contributed by atoms with Crippen molar-refractivity contribution < 1.29 is 19.5 Å². The Kier molecular flexibility index (Phi) is 8.40. The molecule has 1 atom stereocenters. The third-order valence-corrected chi connectivity index (χ3v) is 7.25. The second kappa shape index (κ2) is 11.9. The maximum atomic E-state index is 12.7. The van der Waals surface area contributed by atoms with E-state index >= 15 is 0 Å². The van der Waals surface area contributed by atoms with Crippen molar-refractivity contribution in [2.24, 2.45) is 0 Å². The molecule has 7 nitrogen and oxygen atoms in total. The molecule has 7 heteroatoms. The normalized spacial score (nSPS) is 17.6. The van der Waals surface area contributed by atoms with Crippen molar-refractivity contribution in [1.82, 2.24) is 10.2 Å². The Hall–Kier alpha value is -3.35. The number of rotatable bonds is 8. The molecule has 35 heavy (non-hydrogen) atoms. The molecule has 4 rings (SSSR count). The van der Waals surface area contributed by atoms with Gasteiger partial charge in [0.2, 0.25) is 5.91 Å². The van der Waals surface area contributed by atoms with Crippen LogP contribution in [0.15, 0.2) is 54.6 Å².